The Labute approximate surface area is 140 Å². The van der Waals surface area contributed by atoms with Gasteiger partial charge >= 0.3 is 0 Å². The summed E-state index contributed by atoms with van der Waals surface area (Å²) in [5.74, 6) is 1.17. The van der Waals surface area contributed by atoms with Crippen molar-refractivity contribution in [3.63, 3.8) is 0 Å². The summed E-state index contributed by atoms with van der Waals surface area (Å²) in [5.41, 5.74) is 7.63. The number of nitrogens with zero attached hydrogens (tertiary/aromatic N) is 1. The molecule has 0 bridgehead atoms. The summed E-state index contributed by atoms with van der Waals surface area (Å²) in [6.45, 7) is 0.417. The van der Waals surface area contributed by atoms with E-state index in [9.17, 15) is 0 Å². The zero-order valence-corrected chi connectivity index (χ0v) is 13.7. The van der Waals surface area contributed by atoms with E-state index in [0.29, 0.717) is 12.5 Å². The lowest BCUT2D eigenvalue weighted by atomic mass is 10.2. The largest absolute Gasteiger partial charge is 0.459 e. The number of furan rings is 1. The molecule has 1 heterocycles. The lowest BCUT2D eigenvalue weighted by molar-refractivity contribution is 0.553. The lowest BCUT2D eigenvalue weighted by Gasteiger charge is -2.04. The molecular weight excluding hydrogens is 377 g/mol. The van der Waals surface area contributed by atoms with E-state index in [-0.39, 0.29) is 24.0 Å². The number of nitrogens with one attached hydrogen (secondary N) is 1. The average Bonchev–Trinajstić information content (AvgIpc) is 2.89. The Bertz CT molecular complexity index is 704. The highest BCUT2D eigenvalue weighted by atomic mass is 127. The van der Waals surface area contributed by atoms with Crippen molar-refractivity contribution in [2.45, 2.75) is 6.54 Å². The number of halogens is 1. The first-order chi connectivity index (χ1) is 9.81. The molecule has 0 aliphatic heterocycles. The Kier molecular flexibility index (Phi) is 5.21. The molecule has 3 N–H and O–H groups in total. The van der Waals surface area contributed by atoms with E-state index in [1.807, 2.05) is 60.7 Å². The summed E-state index contributed by atoms with van der Waals surface area (Å²) in [7, 11) is 0. The predicted octanol–water partition coefficient (Wildman–Crippen LogP) is 3.98. The summed E-state index contributed by atoms with van der Waals surface area (Å²) in [6, 6.07) is 19.6. The monoisotopic (exact) mass is 393 g/mol. The Morgan fingerprint density at radius 2 is 1.76 bits per heavy atom. The normalized spacial score (nSPS) is 11.1. The number of anilines is 1. The molecule has 0 fully saturated rings. The quantitative estimate of drug-likeness (QED) is 0.402. The van der Waals surface area contributed by atoms with Gasteiger partial charge in [0, 0.05) is 11.1 Å². The summed E-state index contributed by atoms with van der Waals surface area (Å²) < 4.78 is 5.68. The molecule has 3 rings (SSSR count). The maximum Gasteiger partial charge on any atom is 0.193 e. The number of para-hydroxylation sites is 2. The number of benzene rings is 2. The Morgan fingerprint density at radius 1 is 1.05 bits per heavy atom. The van der Waals surface area contributed by atoms with Gasteiger partial charge < -0.3 is 15.5 Å². The van der Waals surface area contributed by atoms with Crippen LogP contribution in [0.15, 0.2) is 70.1 Å². The third-order valence-electron chi connectivity index (χ3n) is 2.93. The number of fused-ring (bicyclic) bond motifs is 1. The van der Waals surface area contributed by atoms with Crippen molar-refractivity contribution in [3.05, 3.63) is 66.4 Å². The first-order valence-corrected chi connectivity index (χ1v) is 6.41. The molecular formula is C16H16IN3O. The van der Waals surface area contributed by atoms with Gasteiger partial charge in [-0.3, -0.25) is 0 Å². The Balaban J connectivity index is 0.00000161. The third kappa shape index (κ3) is 3.98. The molecule has 0 aliphatic rings. The van der Waals surface area contributed by atoms with Crippen LogP contribution < -0.4 is 11.1 Å². The van der Waals surface area contributed by atoms with E-state index in [1.54, 1.807) is 0 Å². The van der Waals surface area contributed by atoms with Crippen LogP contribution in [0, 0.1) is 0 Å². The number of hydrogen-bond donors (Lipinski definition) is 2. The number of aliphatic imine (C=N–C) groups is 1. The topological polar surface area (TPSA) is 63.5 Å². The van der Waals surface area contributed by atoms with Crippen LogP contribution in [-0.4, -0.2) is 5.96 Å². The lowest BCUT2D eigenvalue weighted by Crippen LogP contribution is -2.22. The summed E-state index contributed by atoms with van der Waals surface area (Å²) in [4.78, 5) is 4.27. The second-order valence-corrected chi connectivity index (χ2v) is 4.44. The number of nitrogens with two attached hydrogens (primary N) is 1. The van der Waals surface area contributed by atoms with Crippen LogP contribution in [0.2, 0.25) is 0 Å². The Hall–Kier alpha value is -2.02. The highest BCUT2D eigenvalue weighted by Gasteiger charge is 2.02. The van der Waals surface area contributed by atoms with Crippen molar-refractivity contribution in [2.75, 3.05) is 5.32 Å². The van der Waals surface area contributed by atoms with Crippen LogP contribution in [0.3, 0.4) is 0 Å². The number of rotatable bonds is 3. The highest BCUT2D eigenvalue weighted by molar-refractivity contribution is 14.0. The molecule has 21 heavy (non-hydrogen) atoms. The van der Waals surface area contributed by atoms with E-state index in [2.05, 4.69) is 10.3 Å². The van der Waals surface area contributed by atoms with Crippen LogP contribution in [0.4, 0.5) is 5.69 Å². The molecule has 4 nitrogen and oxygen atoms in total. The zero-order valence-electron chi connectivity index (χ0n) is 11.3. The zero-order chi connectivity index (χ0) is 13.8. The van der Waals surface area contributed by atoms with Crippen LogP contribution in [0.1, 0.15) is 5.76 Å². The van der Waals surface area contributed by atoms with Gasteiger partial charge in [-0.2, -0.15) is 0 Å². The minimum Gasteiger partial charge on any atom is -0.459 e. The van der Waals surface area contributed by atoms with Crippen molar-refractivity contribution in [1.29, 1.82) is 0 Å². The Morgan fingerprint density at radius 3 is 2.52 bits per heavy atom. The molecule has 0 saturated carbocycles. The fraction of sp³-hybridized carbons (Fsp3) is 0.0625. The third-order valence-corrected chi connectivity index (χ3v) is 2.93. The molecule has 108 valence electrons. The van der Waals surface area contributed by atoms with Crippen LogP contribution >= 0.6 is 24.0 Å². The van der Waals surface area contributed by atoms with Gasteiger partial charge in [0.2, 0.25) is 0 Å². The summed E-state index contributed by atoms with van der Waals surface area (Å²) in [6.07, 6.45) is 0. The van der Waals surface area contributed by atoms with Crippen molar-refractivity contribution < 1.29 is 4.42 Å². The molecule has 0 aliphatic carbocycles. The summed E-state index contributed by atoms with van der Waals surface area (Å²) >= 11 is 0. The predicted molar refractivity (Wildman–Crippen MR) is 97.0 cm³/mol. The van der Waals surface area contributed by atoms with Crippen LogP contribution in [-0.2, 0) is 6.54 Å². The molecule has 0 amide bonds. The maximum absolute atomic E-state index is 5.85. The molecule has 0 saturated heterocycles. The average molecular weight is 393 g/mol. The standard InChI is InChI=1S/C16H15N3O.HI/c17-16(19-13-7-2-1-3-8-13)18-11-14-10-12-6-4-5-9-15(12)20-14;/h1-10H,11H2,(H3,17,18,19);1H. The van der Waals surface area contributed by atoms with Gasteiger partial charge in [0.15, 0.2) is 5.96 Å². The fourth-order valence-corrected chi connectivity index (χ4v) is 1.99. The first kappa shape index (κ1) is 15.4. The van der Waals surface area contributed by atoms with E-state index >= 15 is 0 Å². The summed E-state index contributed by atoms with van der Waals surface area (Å²) in [5, 5.41) is 4.11. The van der Waals surface area contributed by atoms with Crippen molar-refractivity contribution in [2.24, 2.45) is 10.7 Å². The van der Waals surface area contributed by atoms with E-state index in [4.69, 9.17) is 10.2 Å². The molecule has 2 aromatic carbocycles. The van der Waals surface area contributed by atoms with Crippen molar-refractivity contribution in [1.82, 2.24) is 0 Å². The van der Waals surface area contributed by atoms with Gasteiger partial charge in [-0.15, -0.1) is 24.0 Å². The van der Waals surface area contributed by atoms with E-state index in [1.165, 1.54) is 0 Å². The molecule has 3 aromatic rings. The molecule has 0 unspecified atom stereocenters. The second-order valence-electron chi connectivity index (χ2n) is 4.44. The molecule has 1 aromatic heterocycles. The van der Waals surface area contributed by atoms with Gasteiger partial charge in [0.05, 0.1) is 0 Å². The van der Waals surface area contributed by atoms with E-state index in [0.717, 1.165) is 22.4 Å². The fourth-order valence-electron chi connectivity index (χ4n) is 1.99. The second kappa shape index (κ2) is 7.12. The minimum atomic E-state index is 0. The SMILES string of the molecule is I.NC(=NCc1cc2ccccc2o1)Nc1ccccc1. The smallest absolute Gasteiger partial charge is 0.193 e. The van der Waals surface area contributed by atoms with Crippen molar-refractivity contribution in [3.8, 4) is 0 Å². The van der Waals surface area contributed by atoms with E-state index < -0.39 is 0 Å². The number of guanidine groups is 1. The maximum atomic E-state index is 5.85. The molecule has 0 spiro atoms. The number of hydrogen-bond acceptors (Lipinski definition) is 2. The van der Waals surface area contributed by atoms with Gasteiger partial charge in [0.1, 0.15) is 17.9 Å². The van der Waals surface area contributed by atoms with Crippen LogP contribution in [0.25, 0.3) is 11.0 Å². The van der Waals surface area contributed by atoms with Gasteiger partial charge in [-0.25, -0.2) is 4.99 Å². The van der Waals surface area contributed by atoms with Gasteiger partial charge in [-0.1, -0.05) is 36.4 Å². The van der Waals surface area contributed by atoms with Crippen LogP contribution in [0.5, 0.6) is 0 Å². The van der Waals surface area contributed by atoms with Gasteiger partial charge in [0.25, 0.3) is 0 Å². The van der Waals surface area contributed by atoms with Gasteiger partial charge in [-0.05, 0) is 24.3 Å². The molecule has 5 heteroatoms. The minimum absolute atomic E-state index is 0. The highest BCUT2D eigenvalue weighted by Crippen LogP contribution is 2.19. The molecule has 0 radical (unpaired) electrons. The molecule has 0 atom stereocenters. The van der Waals surface area contributed by atoms with Crippen molar-refractivity contribution >= 4 is 46.6 Å². The first-order valence-electron chi connectivity index (χ1n) is 6.41.